The van der Waals surface area contributed by atoms with Crippen molar-refractivity contribution in [3.05, 3.63) is 30.1 Å². The zero-order valence-corrected chi connectivity index (χ0v) is 11.3. The number of amides is 1. The molecule has 1 aromatic rings. The van der Waals surface area contributed by atoms with Crippen molar-refractivity contribution in [1.82, 2.24) is 4.90 Å². The third-order valence-electron chi connectivity index (χ3n) is 3.75. The summed E-state index contributed by atoms with van der Waals surface area (Å²) in [4.78, 5) is 14.0. The first kappa shape index (κ1) is 13.8. The number of carbonyl (C=O) groups is 1. The minimum absolute atomic E-state index is 0.326. The third-order valence-corrected chi connectivity index (χ3v) is 3.75. The molecule has 2 rings (SSSR count). The van der Waals surface area contributed by atoms with Gasteiger partial charge in [0.2, 0.25) is 5.91 Å². The average molecular weight is 265 g/mol. The molecule has 0 aromatic heterocycles. The maximum absolute atomic E-state index is 13.7. The summed E-state index contributed by atoms with van der Waals surface area (Å²) in [6, 6.07) is 6.68. The van der Waals surface area contributed by atoms with Crippen LogP contribution in [0.25, 0.3) is 0 Å². The normalized spacial score (nSPS) is 23.8. The van der Waals surface area contributed by atoms with Crippen molar-refractivity contribution in [2.75, 3.05) is 18.4 Å². The van der Waals surface area contributed by atoms with Crippen LogP contribution in [0.4, 0.5) is 10.1 Å². The summed E-state index contributed by atoms with van der Waals surface area (Å²) in [6.45, 7) is 5.43. The van der Waals surface area contributed by atoms with Gasteiger partial charge in [-0.05, 0) is 32.4 Å². The number of nitrogens with two attached hydrogens (primary N) is 1. The smallest absolute Gasteiger partial charge is 0.244 e. The Hall–Kier alpha value is -1.62. The number of likely N-dealkylation sites (tertiary alicyclic amines) is 1. The van der Waals surface area contributed by atoms with E-state index in [9.17, 15) is 9.18 Å². The molecule has 19 heavy (non-hydrogen) atoms. The van der Waals surface area contributed by atoms with Gasteiger partial charge in [0.1, 0.15) is 11.4 Å². The van der Waals surface area contributed by atoms with Crippen molar-refractivity contribution in [2.24, 2.45) is 5.73 Å². The maximum Gasteiger partial charge on any atom is 0.244 e. The number of nitrogens with one attached hydrogen (secondary N) is 1. The fraction of sp³-hybridized carbons (Fsp3) is 0.500. The molecule has 1 heterocycles. The van der Waals surface area contributed by atoms with Crippen LogP contribution in [0, 0.1) is 5.82 Å². The molecule has 0 saturated carbocycles. The van der Waals surface area contributed by atoms with Gasteiger partial charge < -0.3 is 11.1 Å². The summed E-state index contributed by atoms with van der Waals surface area (Å²) in [5.74, 6) is -0.801. The van der Waals surface area contributed by atoms with E-state index in [0.29, 0.717) is 24.7 Å². The molecule has 0 aliphatic carbocycles. The summed E-state index contributed by atoms with van der Waals surface area (Å²) >= 11 is 0. The summed E-state index contributed by atoms with van der Waals surface area (Å²) < 4.78 is 13.7. The number of primary amides is 1. The average Bonchev–Trinajstić information content (AvgIpc) is 2.78. The van der Waals surface area contributed by atoms with Gasteiger partial charge in [-0.2, -0.15) is 0 Å². The number of rotatable bonds is 4. The van der Waals surface area contributed by atoms with Crippen LogP contribution in [0.15, 0.2) is 24.3 Å². The highest BCUT2D eigenvalue weighted by Crippen LogP contribution is 2.28. The Morgan fingerprint density at radius 3 is 2.68 bits per heavy atom. The lowest BCUT2D eigenvalue weighted by molar-refractivity contribution is -0.122. The van der Waals surface area contributed by atoms with E-state index in [1.165, 1.54) is 6.07 Å². The molecule has 1 aromatic carbocycles. The lowest BCUT2D eigenvalue weighted by Crippen LogP contribution is -2.53. The Labute approximate surface area is 112 Å². The number of halogens is 1. The quantitative estimate of drug-likeness (QED) is 0.869. The Kier molecular flexibility index (Phi) is 3.75. The Morgan fingerprint density at radius 2 is 2.16 bits per heavy atom. The van der Waals surface area contributed by atoms with Crippen LogP contribution in [-0.2, 0) is 4.79 Å². The summed E-state index contributed by atoms with van der Waals surface area (Å²) in [6.07, 6.45) is 0.592. The third kappa shape index (κ3) is 2.71. The van der Waals surface area contributed by atoms with Gasteiger partial charge in [0, 0.05) is 19.1 Å². The largest absolute Gasteiger partial charge is 0.368 e. The predicted octanol–water partition coefficient (Wildman–Crippen LogP) is 1.58. The standard InChI is InChI=1S/C14H20FN3O/c1-10(2)18-8-7-14(9-18,13(16)19)17-12-6-4-3-5-11(12)15/h3-6,10,17H,7-9H2,1-2H3,(H2,16,19). The van der Waals surface area contributed by atoms with Crippen LogP contribution in [0.2, 0.25) is 0 Å². The van der Waals surface area contributed by atoms with E-state index in [1.807, 2.05) is 0 Å². The number of nitrogens with zero attached hydrogens (tertiary/aromatic N) is 1. The first-order valence-electron chi connectivity index (χ1n) is 6.51. The fourth-order valence-electron chi connectivity index (χ4n) is 2.47. The summed E-state index contributed by atoms with van der Waals surface area (Å²) in [5, 5.41) is 3.02. The monoisotopic (exact) mass is 265 g/mol. The van der Waals surface area contributed by atoms with Crippen molar-refractivity contribution in [3.63, 3.8) is 0 Å². The van der Waals surface area contributed by atoms with Crippen molar-refractivity contribution in [3.8, 4) is 0 Å². The SMILES string of the molecule is CC(C)N1CCC(Nc2ccccc2F)(C(N)=O)C1. The molecule has 5 heteroatoms. The van der Waals surface area contributed by atoms with Crippen molar-refractivity contribution >= 4 is 11.6 Å². The van der Waals surface area contributed by atoms with Gasteiger partial charge in [0.15, 0.2) is 0 Å². The molecule has 0 radical (unpaired) electrons. The second kappa shape index (κ2) is 5.17. The minimum Gasteiger partial charge on any atom is -0.368 e. The molecule has 1 amide bonds. The van der Waals surface area contributed by atoms with Gasteiger partial charge in [-0.15, -0.1) is 0 Å². The van der Waals surface area contributed by atoms with Gasteiger partial charge in [0.25, 0.3) is 0 Å². The molecule has 1 aliphatic rings. The summed E-state index contributed by atoms with van der Waals surface area (Å²) in [5.41, 5.74) is 4.99. The van der Waals surface area contributed by atoms with E-state index in [-0.39, 0.29) is 5.82 Å². The van der Waals surface area contributed by atoms with Crippen molar-refractivity contribution in [1.29, 1.82) is 0 Å². The molecule has 0 bridgehead atoms. The molecular weight excluding hydrogens is 245 g/mol. The molecule has 1 unspecified atom stereocenters. The Morgan fingerprint density at radius 1 is 1.47 bits per heavy atom. The van der Waals surface area contributed by atoms with Gasteiger partial charge in [-0.25, -0.2) is 4.39 Å². The Balaban J connectivity index is 2.23. The number of hydrogen-bond acceptors (Lipinski definition) is 3. The molecule has 0 spiro atoms. The lowest BCUT2D eigenvalue weighted by atomic mass is 9.97. The van der Waals surface area contributed by atoms with Crippen LogP contribution >= 0.6 is 0 Å². The van der Waals surface area contributed by atoms with Crippen LogP contribution < -0.4 is 11.1 Å². The predicted molar refractivity (Wildman–Crippen MR) is 73.3 cm³/mol. The number of para-hydroxylation sites is 1. The molecule has 1 fully saturated rings. The maximum atomic E-state index is 13.7. The van der Waals surface area contributed by atoms with Gasteiger partial charge in [0.05, 0.1) is 5.69 Å². The van der Waals surface area contributed by atoms with Gasteiger partial charge in [-0.1, -0.05) is 12.1 Å². The molecule has 3 N–H and O–H groups in total. The van der Waals surface area contributed by atoms with E-state index < -0.39 is 11.4 Å². The highest BCUT2D eigenvalue weighted by molar-refractivity contribution is 5.88. The lowest BCUT2D eigenvalue weighted by Gasteiger charge is -2.29. The van der Waals surface area contributed by atoms with E-state index in [1.54, 1.807) is 18.2 Å². The van der Waals surface area contributed by atoms with Crippen molar-refractivity contribution < 1.29 is 9.18 Å². The molecule has 1 atom stereocenters. The first-order valence-corrected chi connectivity index (χ1v) is 6.51. The van der Waals surface area contributed by atoms with E-state index >= 15 is 0 Å². The van der Waals surface area contributed by atoms with Crippen LogP contribution in [0.3, 0.4) is 0 Å². The zero-order chi connectivity index (χ0) is 14.0. The van der Waals surface area contributed by atoms with Crippen molar-refractivity contribution in [2.45, 2.75) is 31.8 Å². The van der Waals surface area contributed by atoms with Crippen LogP contribution in [-0.4, -0.2) is 35.5 Å². The second-order valence-corrected chi connectivity index (χ2v) is 5.37. The minimum atomic E-state index is -0.882. The van der Waals surface area contributed by atoms with Crippen LogP contribution in [0.5, 0.6) is 0 Å². The molecule has 104 valence electrons. The number of benzene rings is 1. The molecule has 4 nitrogen and oxygen atoms in total. The topological polar surface area (TPSA) is 58.4 Å². The second-order valence-electron chi connectivity index (χ2n) is 5.37. The number of carbonyl (C=O) groups excluding carboxylic acids is 1. The Bertz CT molecular complexity index is 478. The molecular formula is C14H20FN3O. The summed E-state index contributed by atoms with van der Waals surface area (Å²) in [7, 11) is 0. The number of hydrogen-bond donors (Lipinski definition) is 2. The van der Waals surface area contributed by atoms with Gasteiger partial charge in [-0.3, -0.25) is 9.69 Å². The van der Waals surface area contributed by atoms with E-state index in [4.69, 9.17) is 5.73 Å². The highest BCUT2D eigenvalue weighted by Gasteiger charge is 2.44. The van der Waals surface area contributed by atoms with Crippen LogP contribution in [0.1, 0.15) is 20.3 Å². The number of anilines is 1. The highest BCUT2D eigenvalue weighted by atomic mass is 19.1. The van der Waals surface area contributed by atoms with E-state index in [0.717, 1.165) is 6.54 Å². The van der Waals surface area contributed by atoms with Gasteiger partial charge >= 0.3 is 0 Å². The zero-order valence-electron chi connectivity index (χ0n) is 11.3. The fourth-order valence-corrected chi connectivity index (χ4v) is 2.47. The van der Waals surface area contributed by atoms with E-state index in [2.05, 4.69) is 24.1 Å². The molecule has 1 aliphatic heterocycles. The first-order chi connectivity index (χ1) is 8.94. The molecule has 1 saturated heterocycles.